The molecule has 1 aliphatic rings. The van der Waals surface area contributed by atoms with Crippen LogP contribution in [0.3, 0.4) is 0 Å². The SMILES string of the molecule is CCS[C@]1(C(=O)OC)C[C@H](OC(C)=O)[C@@H](NC(C)=O)[C@H]([C@H](OC(C)=O)[C@@H](COC(C)=O)OC(C)=O)O1. The van der Waals surface area contributed by atoms with Crippen molar-refractivity contribution in [3.63, 3.8) is 0 Å². The first-order valence-corrected chi connectivity index (χ1v) is 12.1. The van der Waals surface area contributed by atoms with E-state index >= 15 is 0 Å². The highest BCUT2D eigenvalue weighted by atomic mass is 32.2. The van der Waals surface area contributed by atoms with Gasteiger partial charge in [-0.05, 0) is 5.75 Å². The average Bonchev–Trinajstić information content (AvgIpc) is 2.75. The minimum atomic E-state index is -1.75. The number of hydrogen-bond acceptors (Lipinski definition) is 13. The standard InChI is InChI=1S/C22H33NO12S/c1-8-36-22(21(29)30-7)9-16(32-13(4)26)18(23-11(2)24)20(35-22)19(34-15(6)28)17(33-14(5)27)10-31-12(3)25/h16-20H,8-10H2,1-7H3,(H,23,24)/t16-,17+,18+,19+,20+,22-/m0/s1. The Bertz CT molecular complexity index is 849. The Balaban J connectivity index is 3.76. The Morgan fingerprint density at radius 3 is 2.03 bits per heavy atom. The molecule has 36 heavy (non-hydrogen) atoms. The van der Waals surface area contributed by atoms with E-state index in [0.717, 1.165) is 46.6 Å². The van der Waals surface area contributed by atoms with Crippen LogP contribution in [0.2, 0.25) is 0 Å². The normalized spacial score (nSPS) is 24.9. The lowest BCUT2D eigenvalue weighted by molar-refractivity contribution is -0.224. The van der Waals surface area contributed by atoms with Gasteiger partial charge in [0.25, 0.3) is 0 Å². The van der Waals surface area contributed by atoms with Gasteiger partial charge in [0.1, 0.15) is 18.8 Å². The zero-order valence-corrected chi connectivity index (χ0v) is 22.1. The van der Waals surface area contributed by atoms with Gasteiger partial charge in [0.2, 0.25) is 10.8 Å². The van der Waals surface area contributed by atoms with E-state index in [9.17, 15) is 28.8 Å². The molecule has 0 bridgehead atoms. The number of amides is 1. The van der Waals surface area contributed by atoms with Crippen LogP contribution in [0.25, 0.3) is 0 Å². The van der Waals surface area contributed by atoms with Crippen molar-refractivity contribution < 1.29 is 57.2 Å². The molecule has 0 aromatic rings. The second kappa shape index (κ2) is 14.0. The number of esters is 5. The molecule has 1 N–H and O–H groups in total. The Morgan fingerprint density at radius 1 is 0.972 bits per heavy atom. The Labute approximate surface area is 213 Å². The summed E-state index contributed by atoms with van der Waals surface area (Å²) in [6, 6.07) is -1.17. The van der Waals surface area contributed by atoms with Gasteiger partial charge in [-0.1, -0.05) is 6.92 Å². The molecule has 14 heteroatoms. The number of carbonyl (C=O) groups excluding carboxylic acids is 6. The molecule has 0 radical (unpaired) electrons. The van der Waals surface area contributed by atoms with Crippen molar-refractivity contribution in [2.45, 2.75) is 83.4 Å². The highest BCUT2D eigenvalue weighted by Gasteiger charge is 2.58. The first-order chi connectivity index (χ1) is 16.8. The van der Waals surface area contributed by atoms with E-state index in [1.807, 2.05) is 0 Å². The minimum absolute atomic E-state index is 0.214. The van der Waals surface area contributed by atoms with Crippen LogP contribution in [-0.4, -0.2) is 90.6 Å². The van der Waals surface area contributed by atoms with Crippen molar-refractivity contribution >= 4 is 47.5 Å². The van der Waals surface area contributed by atoms with Crippen molar-refractivity contribution in [1.82, 2.24) is 5.32 Å². The van der Waals surface area contributed by atoms with Crippen LogP contribution in [0, 0.1) is 0 Å². The molecule has 6 atom stereocenters. The van der Waals surface area contributed by atoms with Crippen molar-refractivity contribution in [2.24, 2.45) is 0 Å². The summed E-state index contributed by atoms with van der Waals surface area (Å²) < 4.78 is 32.3. The molecule has 0 saturated carbocycles. The van der Waals surface area contributed by atoms with Gasteiger partial charge in [0.15, 0.2) is 12.2 Å². The molecule has 0 spiro atoms. The van der Waals surface area contributed by atoms with Gasteiger partial charge >= 0.3 is 29.8 Å². The lowest BCUT2D eigenvalue weighted by atomic mass is 9.89. The number of rotatable bonds is 11. The number of nitrogens with one attached hydrogen (secondary N) is 1. The lowest BCUT2D eigenvalue weighted by Crippen LogP contribution is -2.68. The molecule has 1 amide bonds. The topological polar surface area (TPSA) is 170 Å². The fourth-order valence-corrected chi connectivity index (χ4v) is 4.91. The van der Waals surface area contributed by atoms with Crippen LogP contribution in [0.4, 0.5) is 0 Å². The van der Waals surface area contributed by atoms with Crippen molar-refractivity contribution in [3.05, 3.63) is 0 Å². The zero-order chi connectivity index (χ0) is 27.6. The molecule has 0 aromatic carbocycles. The second-order valence-electron chi connectivity index (χ2n) is 7.86. The molecular weight excluding hydrogens is 502 g/mol. The number of carbonyl (C=O) groups is 6. The number of hydrogen-bond donors (Lipinski definition) is 1. The summed E-state index contributed by atoms with van der Waals surface area (Å²) in [6.07, 6.45) is -5.70. The fourth-order valence-electron chi connectivity index (χ4n) is 3.78. The van der Waals surface area contributed by atoms with E-state index in [2.05, 4.69) is 5.32 Å². The number of thioether (sulfide) groups is 1. The lowest BCUT2D eigenvalue weighted by Gasteiger charge is -2.48. The summed E-state index contributed by atoms with van der Waals surface area (Å²) in [4.78, 5) is 70.7. The smallest absolute Gasteiger partial charge is 0.348 e. The molecule has 0 aliphatic carbocycles. The van der Waals surface area contributed by atoms with E-state index in [4.69, 9.17) is 28.4 Å². The van der Waals surface area contributed by atoms with Gasteiger partial charge in [-0.2, -0.15) is 0 Å². The molecule has 0 unspecified atom stereocenters. The third kappa shape index (κ3) is 8.97. The minimum Gasteiger partial charge on any atom is -0.466 e. The third-order valence-electron chi connectivity index (χ3n) is 4.87. The maximum absolute atomic E-state index is 12.9. The van der Waals surface area contributed by atoms with Gasteiger partial charge in [-0.3, -0.25) is 24.0 Å². The van der Waals surface area contributed by atoms with Crippen molar-refractivity contribution in [1.29, 1.82) is 0 Å². The van der Waals surface area contributed by atoms with Crippen LogP contribution in [0.15, 0.2) is 0 Å². The predicted octanol–water partition coefficient (Wildman–Crippen LogP) is 0.261. The van der Waals surface area contributed by atoms with Gasteiger partial charge in [-0.15, -0.1) is 11.8 Å². The Morgan fingerprint density at radius 2 is 1.58 bits per heavy atom. The number of ether oxygens (including phenoxy) is 6. The highest BCUT2D eigenvalue weighted by molar-refractivity contribution is 8.01. The predicted molar refractivity (Wildman–Crippen MR) is 123 cm³/mol. The van der Waals surface area contributed by atoms with Gasteiger partial charge < -0.3 is 33.7 Å². The largest absolute Gasteiger partial charge is 0.466 e. The molecule has 204 valence electrons. The van der Waals surface area contributed by atoms with E-state index in [1.165, 1.54) is 6.92 Å². The van der Waals surface area contributed by atoms with Crippen LogP contribution in [0.5, 0.6) is 0 Å². The average molecular weight is 536 g/mol. The summed E-state index contributed by atoms with van der Waals surface area (Å²) >= 11 is 1.03. The first-order valence-electron chi connectivity index (χ1n) is 11.1. The van der Waals surface area contributed by atoms with Crippen LogP contribution < -0.4 is 5.32 Å². The van der Waals surface area contributed by atoms with E-state index in [1.54, 1.807) is 6.92 Å². The fraction of sp³-hybridized carbons (Fsp3) is 0.727. The Kier molecular flexibility index (Phi) is 12.1. The molecule has 13 nitrogen and oxygen atoms in total. The third-order valence-corrected chi connectivity index (χ3v) is 6.06. The van der Waals surface area contributed by atoms with Crippen molar-refractivity contribution in [2.75, 3.05) is 19.5 Å². The summed E-state index contributed by atoms with van der Waals surface area (Å²) in [5.74, 6) is -4.05. The van der Waals surface area contributed by atoms with Crippen molar-refractivity contribution in [3.8, 4) is 0 Å². The quantitative estimate of drug-likeness (QED) is 0.282. The van der Waals surface area contributed by atoms with Crippen LogP contribution >= 0.6 is 11.8 Å². The summed E-state index contributed by atoms with van der Waals surface area (Å²) in [5.41, 5.74) is 0. The van der Waals surface area contributed by atoms with E-state index in [-0.39, 0.29) is 6.42 Å². The van der Waals surface area contributed by atoms with E-state index < -0.39 is 77.8 Å². The number of methoxy groups -OCH3 is 1. The monoisotopic (exact) mass is 535 g/mol. The van der Waals surface area contributed by atoms with Gasteiger partial charge in [0, 0.05) is 41.0 Å². The zero-order valence-electron chi connectivity index (χ0n) is 21.3. The van der Waals surface area contributed by atoms with E-state index in [0.29, 0.717) is 5.75 Å². The first kappa shape index (κ1) is 31.2. The van der Waals surface area contributed by atoms with Crippen LogP contribution in [-0.2, 0) is 57.2 Å². The summed E-state index contributed by atoms with van der Waals surface area (Å²) in [5, 5.41) is 2.61. The van der Waals surface area contributed by atoms with Gasteiger partial charge in [-0.25, -0.2) is 4.79 Å². The van der Waals surface area contributed by atoms with Crippen LogP contribution in [0.1, 0.15) is 48.0 Å². The molecule has 1 heterocycles. The maximum atomic E-state index is 12.9. The molecule has 1 saturated heterocycles. The molecule has 1 fully saturated rings. The van der Waals surface area contributed by atoms with Gasteiger partial charge in [0.05, 0.1) is 13.2 Å². The molecule has 1 aliphatic heterocycles. The second-order valence-corrected chi connectivity index (χ2v) is 9.39. The summed E-state index contributed by atoms with van der Waals surface area (Å²) in [6.45, 7) is 6.86. The Hall–Kier alpha value is -2.87. The molecule has 0 aromatic heterocycles. The maximum Gasteiger partial charge on any atom is 0.348 e. The molecular formula is C22H33NO12S. The molecule has 1 rings (SSSR count). The summed E-state index contributed by atoms with van der Waals surface area (Å²) in [7, 11) is 1.14. The highest BCUT2D eigenvalue weighted by Crippen LogP contribution is 2.42.